The molecule has 0 unspecified atom stereocenters. The molecule has 1 fully saturated rings. The van der Waals surface area contributed by atoms with E-state index < -0.39 is 11.6 Å². The van der Waals surface area contributed by atoms with Crippen molar-refractivity contribution in [2.75, 3.05) is 0 Å². The van der Waals surface area contributed by atoms with Gasteiger partial charge in [-0.2, -0.15) is 0 Å². The van der Waals surface area contributed by atoms with E-state index in [-0.39, 0.29) is 0 Å². The molecule has 0 aliphatic heterocycles. The molecule has 3 aromatic rings. The zero-order chi connectivity index (χ0) is 15.1. The number of benzene rings is 1. The van der Waals surface area contributed by atoms with E-state index in [1.54, 1.807) is 6.20 Å². The van der Waals surface area contributed by atoms with Crippen LogP contribution >= 0.6 is 0 Å². The highest BCUT2D eigenvalue weighted by atomic mass is 19.1. The molecule has 1 saturated carbocycles. The molecule has 0 spiro atoms. The molecule has 0 bridgehead atoms. The van der Waals surface area contributed by atoms with Gasteiger partial charge >= 0.3 is 0 Å². The Bertz CT molecular complexity index is 815. The molecule has 4 rings (SSSR count). The molecule has 3 nitrogen and oxygen atoms in total. The molecule has 1 aliphatic carbocycles. The molecule has 1 aromatic carbocycles. The van der Waals surface area contributed by atoms with Gasteiger partial charge in [-0.15, -0.1) is 0 Å². The van der Waals surface area contributed by atoms with Gasteiger partial charge in [0, 0.05) is 23.9 Å². The average Bonchev–Trinajstić information content (AvgIpc) is 3.12. The summed E-state index contributed by atoms with van der Waals surface area (Å²) in [4.78, 5) is 9.01. The summed E-state index contributed by atoms with van der Waals surface area (Å²) in [6.07, 6.45) is 6.15. The molecule has 0 saturated heterocycles. The van der Waals surface area contributed by atoms with E-state index in [0.717, 1.165) is 42.9 Å². The van der Waals surface area contributed by atoms with Crippen LogP contribution in [0.2, 0.25) is 0 Å². The Kier molecular flexibility index (Phi) is 3.13. The third-order valence-corrected chi connectivity index (χ3v) is 4.26. The Morgan fingerprint density at radius 3 is 2.50 bits per heavy atom. The molecular formula is C17H15F2N3. The monoisotopic (exact) mass is 299 g/mol. The van der Waals surface area contributed by atoms with Crippen LogP contribution in [0.1, 0.15) is 31.7 Å². The molecule has 0 N–H and O–H groups in total. The molecule has 112 valence electrons. The molecule has 0 radical (unpaired) electrons. The van der Waals surface area contributed by atoms with Crippen molar-refractivity contribution in [2.45, 2.75) is 31.7 Å². The average molecular weight is 299 g/mol. The third-order valence-electron chi connectivity index (χ3n) is 4.26. The lowest BCUT2D eigenvalue weighted by atomic mass is 10.1. The molecule has 0 atom stereocenters. The molecule has 1 aliphatic rings. The number of aromatic nitrogens is 3. The fourth-order valence-electron chi connectivity index (χ4n) is 3.32. The van der Waals surface area contributed by atoms with Gasteiger partial charge in [0.05, 0.1) is 0 Å². The second-order valence-electron chi connectivity index (χ2n) is 5.75. The topological polar surface area (TPSA) is 30.7 Å². The summed E-state index contributed by atoms with van der Waals surface area (Å²) in [7, 11) is 0. The van der Waals surface area contributed by atoms with Crippen LogP contribution in [0.15, 0.2) is 36.5 Å². The minimum absolute atomic E-state index is 0.293. The van der Waals surface area contributed by atoms with E-state index in [1.165, 1.54) is 12.1 Å². The SMILES string of the molecule is Fc1cc(F)cc(-c2nc3cccnc3n2C2CCCC2)c1. The lowest BCUT2D eigenvalue weighted by Gasteiger charge is -2.15. The Hall–Kier alpha value is -2.30. The number of nitrogens with zero attached hydrogens (tertiary/aromatic N) is 3. The van der Waals surface area contributed by atoms with Gasteiger partial charge in [0.2, 0.25) is 0 Å². The minimum Gasteiger partial charge on any atom is -0.306 e. The number of hydrogen-bond acceptors (Lipinski definition) is 2. The van der Waals surface area contributed by atoms with E-state index in [1.807, 2.05) is 12.1 Å². The minimum atomic E-state index is -0.590. The highest BCUT2D eigenvalue weighted by Crippen LogP contribution is 2.36. The smallest absolute Gasteiger partial charge is 0.160 e. The standard InChI is InChI=1S/C17H15F2N3/c18-12-8-11(9-13(19)10-12)16-21-15-6-3-7-20-17(15)22(16)14-4-1-2-5-14/h3,6-10,14H,1-2,4-5H2. The highest BCUT2D eigenvalue weighted by molar-refractivity contribution is 5.77. The summed E-state index contributed by atoms with van der Waals surface area (Å²) in [5.74, 6) is -0.583. The summed E-state index contributed by atoms with van der Waals surface area (Å²) < 4.78 is 29.2. The van der Waals surface area contributed by atoms with E-state index in [9.17, 15) is 8.78 Å². The van der Waals surface area contributed by atoms with E-state index in [2.05, 4.69) is 14.5 Å². The van der Waals surface area contributed by atoms with Crippen LogP contribution in [0.25, 0.3) is 22.6 Å². The van der Waals surface area contributed by atoms with Crippen LogP contribution in [-0.2, 0) is 0 Å². The maximum atomic E-state index is 13.6. The Morgan fingerprint density at radius 2 is 1.77 bits per heavy atom. The van der Waals surface area contributed by atoms with Gasteiger partial charge in [-0.3, -0.25) is 0 Å². The van der Waals surface area contributed by atoms with Crippen LogP contribution < -0.4 is 0 Å². The number of imidazole rings is 1. The Morgan fingerprint density at radius 1 is 1.05 bits per heavy atom. The van der Waals surface area contributed by atoms with Gasteiger partial charge in [-0.1, -0.05) is 12.8 Å². The fourth-order valence-corrected chi connectivity index (χ4v) is 3.32. The predicted molar refractivity (Wildman–Crippen MR) is 80.4 cm³/mol. The third kappa shape index (κ3) is 2.17. The maximum Gasteiger partial charge on any atom is 0.160 e. The zero-order valence-electron chi connectivity index (χ0n) is 12.0. The second kappa shape index (κ2) is 5.16. The number of hydrogen-bond donors (Lipinski definition) is 0. The quantitative estimate of drug-likeness (QED) is 0.698. The van der Waals surface area contributed by atoms with Gasteiger partial charge in [0.25, 0.3) is 0 Å². The van der Waals surface area contributed by atoms with Crippen LogP contribution in [0.4, 0.5) is 8.78 Å². The first kappa shape index (κ1) is 13.4. The summed E-state index contributed by atoms with van der Waals surface area (Å²) in [5, 5.41) is 0. The van der Waals surface area contributed by atoms with Crippen LogP contribution in [0.5, 0.6) is 0 Å². The molecule has 2 heterocycles. The molecular weight excluding hydrogens is 284 g/mol. The van der Waals surface area contributed by atoms with E-state index in [0.29, 0.717) is 17.4 Å². The van der Waals surface area contributed by atoms with Crippen molar-refractivity contribution in [1.82, 2.24) is 14.5 Å². The van der Waals surface area contributed by atoms with Crippen molar-refractivity contribution in [1.29, 1.82) is 0 Å². The van der Waals surface area contributed by atoms with Gasteiger partial charge in [-0.05, 0) is 37.1 Å². The number of fused-ring (bicyclic) bond motifs is 1. The second-order valence-corrected chi connectivity index (χ2v) is 5.75. The number of pyridine rings is 1. The maximum absolute atomic E-state index is 13.6. The Labute approximate surface area is 126 Å². The van der Waals surface area contributed by atoms with E-state index >= 15 is 0 Å². The van der Waals surface area contributed by atoms with Crippen LogP contribution in [-0.4, -0.2) is 14.5 Å². The van der Waals surface area contributed by atoms with Crippen LogP contribution in [0, 0.1) is 11.6 Å². The number of halogens is 2. The van der Waals surface area contributed by atoms with E-state index in [4.69, 9.17) is 0 Å². The fraction of sp³-hybridized carbons (Fsp3) is 0.294. The predicted octanol–water partition coefficient (Wildman–Crippen LogP) is 4.49. The molecule has 2 aromatic heterocycles. The molecule has 5 heteroatoms. The van der Waals surface area contributed by atoms with Crippen molar-refractivity contribution in [3.63, 3.8) is 0 Å². The van der Waals surface area contributed by atoms with Gasteiger partial charge in [0.1, 0.15) is 23.0 Å². The summed E-state index contributed by atoms with van der Waals surface area (Å²) >= 11 is 0. The first-order valence-electron chi connectivity index (χ1n) is 7.52. The summed E-state index contributed by atoms with van der Waals surface area (Å²) in [5.41, 5.74) is 2.01. The number of rotatable bonds is 2. The van der Waals surface area contributed by atoms with Gasteiger partial charge in [0.15, 0.2) is 5.65 Å². The highest BCUT2D eigenvalue weighted by Gasteiger charge is 2.24. The lowest BCUT2D eigenvalue weighted by Crippen LogP contribution is -2.07. The normalized spacial score (nSPS) is 15.7. The van der Waals surface area contributed by atoms with Gasteiger partial charge in [-0.25, -0.2) is 18.7 Å². The van der Waals surface area contributed by atoms with Crippen molar-refractivity contribution >= 4 is 11.2 Å². The van der Waals surface area contributed by atoms with Crippen molar-refractivity contribution in [2.24, 2.45) is 0 Å². The lowest BCUT2D eigenvalue weighted by molar-refractivity contribution is 0.533. The Balaban J connectivity index is 1.97. The van der Waals surface area contributed by atoms with Crippen molar-refractivity contribution < 1.29 is 8.78 Å². The zero-order valence-corrected chi connectivity index (χ0v) is 12.0. The summed E-state index contributed by atoms with van der Waals surface area (Å²) in [6.45, 7) is 0. The van der Waals surface area contributed by atoms with Crippen molar-refractivity contribution in [3.8, 4) is 11.4 Å². The first-order valence-corrected chi connectivity index (χ1v) is 7.52. The van der Waals surface area contributed by atoms with Crippen LogP contribution in [0.3, 0.4) is 0 Å². The molecule has 22 heavy (non-hydrogen) atoms. The summed E-state index contributed by atoms with van der Waals surface area (Å²) in [6, 6.07) is 7.54. The molecule has 0 amide bonds. The largest absolute Gasteiger partial charge is 0.306 e. The van der Waals surface area contributed by atoms with Crippen molar-refractivity contribution in [3.05, 3.63) is 48.2 Å². The van der Waals surface area contributed by atoms with Gasteiger partial charge < -0.3 is 4.57 Å². The first-order chi connectivity index (χ1) is 10.7.